The maximum atomic E-state index is 12.9. The summed E-state index contributed by atoms with van der Waals surface area (Å²) < 4.78 is 27.4. The Labute approximate surface area is 181 Å². The van der Waals surface area contributed by atoms with Gasteiger partial charge in [0.25, 0.3) is 15.9 Å². The van der Waals surface area contributed by atoms with Crippen LogP contribution in [0.3, 0.4) is 0 Å². The number of nitrogens with one attached hydrogen (secondary N) is 1. The topological polar surface area (TPSA) is 86.8 Å². The van der Waals surface area contributed by atoms with Gasteiger partial charge in [-0.05, 0) is 31.4 Å². The number of nitrogens with zero attached hydrogens (tertiary/aromatic N) is 2. The van der Waals surface area contributed by atoms with Gasteiger partial charge in [-0.1, -0.05) is 29.8 Å². The summed E-state index contributed by atoms with van der Waals surface area (Å²) in [6.07, 6.45) is 0.960. The fourth-order valence-corrected chi connectivity index (χ4v) is 6.12. The zero-order valence-corrected chi connectivity index (χ0v) is 19.1. The Bertz CT molecular complexity index is 1010. The molecule has 2 aromatic rings. The minimum Gasteiger partial charge on any atom is -0.352 e. The van der Waals surface area contributed by atoms with Gasteiger partial charge in [0.05, 0.1) is 5.56 Å². The van der Waals surface area contributed by atoms with Crippen LogP contribution in [0, 0.1) is 12.8 Å². The van der Waals surface area contributed by atoms with Gasteiger partial charge in [0.2, 0.25) is 5.91 Å². The van der Waals surface area contributed by atoms with Crippen molar-refractivity contribution in [3.8, 4) is 0 Å². The van der Waals surface area contributed by atoms with Crippen molar-refractivity contribution in [3.63, 3.8) is 0 Å². The van der Waals surface area contributed by atoms with Crippen molar-refractivity contribution >= 4 is 33.2 Å². The molecule has 0 unspecified atom stereocenters. The molecule has 1 N–H and O–H groups in total. The van der Waals surface area contributed by atoms with Crippen LogP contribution in [0.2, 0.25) is 0 Å². The molecule has 0 saturated carbocycles. The minimum absolute atomic E-state index is 0.0392. The highest BCUT2D eigenvalue weighted by molar-refractivity contribution is 7.91. The molecule has 2 amide bonds. The average molecular weight is 450 g/mol. The first-order valence-electron chi connectivity index (χ1n) is 9.82. The van der Waals surface area contributed by atoms with Gasteiger partial charge in [0.15, 0.2) is 0 Å². The minimum atomic E-state index is -3.66. The van der Waals surface area contributed by atoms with E-state index in [1.165, 1.54) is 20.8 Å². The number of rotatable bonds is 6. The van der Waals surface area contributed by atoms with Crippen LogP contribution >= 0.6 is 11.3 Å². The van der Waals surface area contributed by atoms with Gasteiger partial charge in [-0.2, -0.15) is 4.31 Å². The molecule has 30 heavy (non-hydrogen) atoms. The molecule has 1 aromatic carbocycles. The Morgan fingerprint density at radius 3 is 2.40 bits per heavy atom. The Morgan fingerprint density at radius 2 is 1.80 bits per heavy atom. The van der Waals surface area contributed by atoms with Gasteiger partial charge < -0.3 is 10.2 Å². The highest BCUT2D eigenvalue weighted by Gasteiger charge is 2.33. The second kappa shape index (κ2) is 9.28. The summed E-state index contributed by atoms with van der Waals surface area (Å²) in [4.78, 5) is 25.9. The first-order chi connectivity index (χ1) is 14.2. The zero-order valence-electron chi connectivity index (χ0n) is 17.4. The second-order valence-electron chi connectivity index (χ2n) is 7.74. The van der Waals surface area contributed by atoms with Crippen molar-refractivity contribution < 1.29 is 18.0 Å². The van der Waals surface area contributed by atoms with E-state index in [4.69, 9.17) is 0 Å². The molecule has 1 aromatic heterocycles. The summed E-state index contributed by atoms with van der Waals surface area (Å²) in [5.41, 5.74) is 2.58. The van der Waals surface area contributed by atoms with E-state index in [9.17, 15) is 18.0 Å². The molecule has 0 spiro atoms. The lowest BCUT2D eigenvalue weighted by atomic mass is 9.97. The van der Waals surface area contributed by atoms with Crippen molar-refractivity contribution in [2.75, 3.05) is 27.2 Å². The fraction of sp³-hybridized carbons (Fsp3) is 0.429. The SMILES string of the molecule is Cc1ccc(CNC(=O)C2CCN(S(=O)(=O)c3cc(C(=O)N(C)C)cs3)CC2)cc1. The van der Waals surface area contributed by atoms with Crippen molar-refractivity contribution in [2.24, 2.45) is 5.92 Å². The Morgan fingerprint density at radius 1 is 1.17 bits per heavy atom. The van der Waals surface area contributed by atoms with Gasteiger partial charge in [-0.25, -0.2) is 8.42 Å². The standard InChI is InChI=1S/C21H27N3O4S2/c1-15-4-6-16(7-5-15)13-22-20(25)17-8-10-24(11-9-17)30(27,28)19-12-18(14-29-19)21(26)23(2)3/h4-7,12,14,17H,8-11,13H2,1-3H3,(H,22,25). The summed E-state index contributed by atoms with van der Waals surface area (Å²) in [6.45, 7) is 3.07. The zero-order chi connectivity index (χ0) is 21.9. The van der Waals surface area contributed by atoms with Crippen LogP contribution in [0.1, 0.15) is 34.3 Å². The second-order valence-corrected chi connectivity index (χ2v) is 10.8. The van der Waals surface area contributed by atoms with Gasteiger partial charge in [0, 0.05) is 45.0 Å². The van der Waals surface area contributed by atoms with Crippen LogP contribution < -0.4 is 5.32 Å². The van der Waals surface area contributed by atoms with Crippen molar-refractivity contribution in [3.05, 3.63) is 52.4 Å². The number of amides is 2. The third-order valence-electron chi connectivity index (χ3n) is 5.23. The van der Waals surface area contributed by atoms with Crippen LogP contribution in [-0.4, -0.2) is 56.6 Å². The van der Waals surface area contributed by atoms with Gasteiger partial charge >= 0.3 is 0 Å². The lowest BCUT2D eigenvalue weighted by Gasteiger charge is -2.30. The number of hydrogen-bond acceptors (Lipinski definition) is 5. The summed E-state index contributed by atoms with van der Waals surface area (Å²) in [5.74, 6) is -0.463. The molecular weight excluding hydrogens is 422 g/mol. The number of carbonyl (C=O) groups is 2. The maximum absolute atomic E-state index is 12.9. The number of carbonyl (C=O) groups excluding carboxylic acids is 2. The highest BCUT2D eigenvalue weighted by atomic mass is 32.2. The third kappa shape index (κ3) is 5.08. The van der Waals surface area contributed by atoms with Crippen LogP contribution in [0.25, 0.3) is 0 Å². The highest BCUT2D eigenvalue weighted by Crippen LogP contribution is 2.28. The van der Waals surface area contributed by atoms with Crippen LogP contribution in [0.5, 0.6) is 0 Å². The molecular formula is C21H27N3O4S2. The fourth-order valence-electron chi connectivity index (χ4n) is 3.35. The molecule has 1 saturated heterocycles. The normalized spacial score (nSPS) is 15.7. The van der Waals surface area contributed by atoms with E-state index in [1.807, 2.05) is 31.2 Å². The predicted molar refractivity (Wildman–Crippen MR) is 117 cm³/mol. The number of sulfonamides is 1. The quantitative estimate of drug-likeness (QED) is 0.734. The third-order valence-corrected chi connectivity index (χ3v) is 8.55. The van der Waals surface area contributed by atoms with Crippen molar-refractivity contribution in [1.82, 2.24) is 14.5 Å². The molecule has 7 nitrogen and oxygen atoms in total. The molecule has 162 valence electrons. The first kappa shape index (κ1) is 22.5. The number of hydrogen-bond donors (Lipinski definition) is 1. The number of thiophene rings is 1. The molecule has 1 aliphatic rings. The van der Waals surface area contributed by atoms with Gasteiger partial charge in [0.1, 0.15) is 4.21 Å². The summed E-state index contributed by atoms with van der Waals surface area (Å²) in [5, 5.41) is 4.52. The molecule has 0 atom stereocenters. The van der Waals surface area contributed by atoms with E-state index < -0.39 is 10.0 Å². The predicted octanol–water partition coefficient (Wildman–Crippen LogP) is 2.48. The average Bonchev–Trinajstić information content (AvgIpc) is 3.23. The number of aryl methyl sites for hydroxylation is 1. The van der Waals surface area contributed by atoms with E-state index in [-0.39, 0.29) is 21.9 Å². The molecule has 3 rings (SSSR count). The molecule has 0 bridgehead atoms. The number of benzene rings is 1. The lowest BCUT2D eigenvalue weighted by molar-refractivity contribution is -0.126. The van der Waals surface area contributed by atoms with Gasteiger partial charge in [-0.15, -0.1) is 11.3 Å². The summed E-state index contributed by atoms with van der Waals surface area (Å²) >= 11 is 1.05. The van der Waals surface area contributed by atoms with E-state index in [0.717, 1.165) is 16.9 Å². The van der Waals surface area contributed by atoms with Crippen LogP contribution in [0.15, 0.2) is 39.9 Å². The monoisotopic (exact) mass is 449 g/mol. The summed E-state index contributed by atoms with van der Waals surface area (Å²) in [7, 11) is -0.404. The number of piperidine rings is 1. The van der Waals surface area contributed by atoms with Crippen molar-refractivity contribution in [2.45, 2.75) is 30.5 Å². The first-order valence-corrected chi connectivity index (χ1v) is 12.1. The molecule has 1 fully saturated rings. The van der Waals surface area contributed by atoms with Crippen LogP contribution in [-0.2, 0) is 21.4 Å². The summed E-state index contributed by atoms with van der Waals surface area (Å²) in [6, 6.07) is 9.42. The molecule has 0 aliphatic carbocycles. The maximum Gasteiger partial charge on any atom is 0.254 e. The van der Waals surface area contributed by atoms with E-state index in [0.29, 0.717) is 38.0 Å². The Hall–Kier alpha value is -2.23. The van der Waals surface area contributed by atoms with E-state index in [2.05, 4.69) is 5.32 Å². The van der Waals surface area contributed by atoms with E-state index in [1.54, 1.807) is 19.5 Å². The Kier molecular flexibility index (Phi) is 6.95. The van der Waals surface area contributed by atoms with Crippen molar-refractivity contribution in [1.29, 1.82) is 0 Å². The molecule has 1 aliphatic heterocycles. The molecule has 0 radical (unpaired) electrons. The molecule has 9 heteroatoms. The Balaban J connectivity index is 1.55. The smallest absolute Gasteiger partial charge is 0.254 e. The molecule has 2 heterocycles. The largest absolute Gasteiger partial charge is 0.352 e. The lowest BCUT2D eigenvalue weighted by Crippen LogP contribution is -2.42. The van der Waals surface area contributed by atoms with E-state index >= 15 is 0 Å². The van der Waals surface area contributed by atoms with Gasteiger partial charge in [-0.3, -0.25) is 9.59 Å². The van der Waals surface area contributed by atoms with Crippen LogP contribution in [0.4, 0.5) is 0 Å².